The summed E-state index contributed by atoms with van der Waals surface area (Å²) < 4.78 is 13.6. The van der Waals surface area contributed by atoms with Crippen molar-refractivity contribution in [3.05, 3.63) is 52.7 Å². The molecule has 1 aromatic carbocycles. The maximum Gasteiger partial charge on any atom is 0.227 e. The zero-order valence-corrected chi connectivity index (χ0v) is 15.4. The molecule has 1 amide bonds. The number of halogens is 1. The first-order chi connectivity index (χ1) is 12.9. The Morgan fingerprint density at radius 1 is 1.33 bits per heavy atom. The summed E-state index contributed by atoms with van der Waals surface area (Å²) in [6, 6.07) is 6.51. The maximum absolute atomic E-state index is 13.6. The van der Waals surface area contributed by atoms with Crippen LogP contribution in [0.3, 0.4) is 0 Å². The SMILES string of the molecule is Cc1cc(C[C@@H]2CN(C(=O)Cc3c(C)[nH]c4ccc(F)cc34)C[C@@H]2O)n[nH]1. The number of fused-ring (bicyclic) bond motifs is 1. The lowest BCUT2D eigenvalue weighted by Gasteiger charge is -2.16. The molecule has 1 saturated heterocycles. The molecule has 7 heteroatoms. The Morgan fingerprint density at radius 3 is 2.89 bits per heavy atom. The summed E-state index contributed by atoms with van der Waals surface area (Å²) in [5.74, 6) is -0.401. The molecule has 0 radical (unpaired) electrons. The quantitative estimate of drug-likeness (QED) is 0.659. The van der Waals surface area contributed by atoms with E-state index in [-0.39, 0.29) is 24.1 Å². The van der Waals surface area contributed by atoms with Gasteiger partial charge in [-0.05, 0) is 50.1 Å². The number of amides is 1. The van der Waals surface area contributed by atoms with Crippen molar-refractivity contribution in [2.24, 2.45) is 5.92 Å². The van der Waals surface area contributed by atoms with Gasteiger partial charge in [-0.15, -0.1) is 0 Å². The van der Waals surface area contributed by atoms with Gasteiger partial charge in [-0.1, -0.05) is 0 Å². The van der Waals surface area contributed by atoms with E-state index in [0.717, 1.165) is 33.5 Å². The number of aromatic amines is 2. The Balaban J connectivity index is 1.47. The lowest BCUT2D eigenvalue weighted by molar-refractivity contribution is -0.129. The zero-order chi connectivity index (χ0) is 19.1. The lowest BCUT2D eigenvalue weighted by Crippen LogP contribution is -2.31. The Kier molecular flexibility index (Phi) is 4.47. The number of carbonyl (C=O) groups excluding carboxylic acids is 1. The van der Waals surface area contributed by atoms with Crippen LogP contribution in [0.4, 0.5) is 4.39 Å². The van der Waals surface area contributed by atoms with Crippen LogP contribution in [0, 0.1) is 25.6 Å². The summed E-state index contributed by atoms with van der Waals surface area (Å²) in [6.45, 7) is 4.65. The van der Waals surface area contributed by atoms with Crippen molar-refractivity contribution < 1.29 is 14.3 Å². The van der Waals surface area contributed by atoms with Gasteiger partial charge >= 0.3 is 0 Å². The molecule has 6 nitrogen and oxygen atoms in total. The smallest absolute Gasteiger partial charge is 0.227 e. The average molecular weight is 370 g/mol. The Bertz CT molecular complexity index is 993. The largest absolute Gasteiger partial charge is 0.391 e. The van der Waals surface area contributed by atoms with Crippen molar-refractivity contribution in [1.29, 1.82) is 0 Å². The number of aryl methyl sites for hydroxylation is 2. The molecule has 0 spiro atoms. The Labute approximate surface area is 156 Å². The number of carbonyl (C=O) groups is 1. The van der Waals surface area contributed by atoms with Crippen molar-refractivity contribution in [1.82, 2.24) is 20.1 Å². The van der Waals surface area contributed by atoms with Crippen LogP contribution in [0.25, 0.3) is 10.9 Å². The summed E-state index contributed by atoms with van der Waals surface area (Å²) in [5.41, 5.74) is 4.38. The standard InChI is InChI=1S/C20H23FN4O2/c1-11-5-15(24-23-11)6-13-9-25(10-19(13)26)20(27)8-16-12(2)22-18-4-3-14(21)7-17(16)18/h3-5,7,13,19,22,26H,6,8-10H2,1-2H3,(H,23,24)/t13-,19+/m1/s1. The predicted octanol–water partition coefficient (Wildman–Crippen LogP) is 2.25. The number of nitrogens with zero attached hydrogens (tertiary/aromatic N) is 2. The van der Waals surface area contributed by atoms with Gasteiger partial charge in [0.2, 0.25) is 5.91 Å². The van der Waals surface area contributed by atoms with Crippen LogP contribution in [0.1, 0.15) is 22.6 Å². The summed E-state index contributed by atoms with van der Waals surface area (Å²) >= 11 is 0. The van der Waals surface area contributed by atoms with Crippen molar-refractivity contribution in [2.45, 2.75) is 32.8 Å². The molecule has 4 rings (SSSR count). The molecule has 1 fully saturated rings. The topological polar surface area (TPSA) is 85.0 Å². The molecule has 3 N–H and O–H groups in total. The monoisotopic (exact) mass is 370 g/mol. The van der Waals surface area contributed by atoms with Crippen molar-refractivity contribution in [2.75, 3.05) is 13.1 Å². The molecule has 3 aromatic rings. The second kappa shape index (κ2) is 6.81. The van der Waals surface area contributed by atoms with Crippen LogP contribution < -0.4 is 0 Å². The lowest BCUT2D eigenvalue weighted by atomic mass is 10.00. The second-order valence-corrected chi connectivity index (χ2v) is 7.47. The average Bonchev–Trinajstić information content (AvgIpc) is 3.28. The van der Waals surface area contributed by atoms with E-state index >= 15 is 0 Å². The number of hydrogen-bond acceptors (Lipinski definition) is 3. The van der Waals surface area contributed by atoms with Crippen LogP contribution >= 0.6 is 0 Å². The molecular formula is C20H23FN4O2. The van der Waals surface area contributed by atoms with Crippen LogP contribution in [-0.4, -0.2) is 50.3 Å². The number of β-amino-alcohol motifs (C(OH)–C–C–N with tert-alkyl or cyclic N) is 1. The van der Waals surface area contributed by atoms with Crippen LogP contribution in [0.15, 0.2) is 24.3 Å². The fourth-order valence-corrected chi connectivity index (χ4v) is 3.95. The highest BCUT2D eigenvalue weighted by molar-refractivity contribution is 5.90. The minimum Gasteiger partial charge on any atom is -0.391 e. The molecule has 1 aliphatic rings. The molecule has 2 aromatic heterocycles. The normalized spacial score (nSPS) is 19.9. The Hall–Kier alpha value is -2.67. The van der Waals surface area contributed by atoms with Gasteiger partial charge in [0, 0.05) is 41.3 Å². The number of aromatic nitrogens is 3. The number of aliphatic hydroxyl groups is 1. The number of likely N-dealkylation sites (tertiary alicyclic amines) is 1. The van der Waals surface area contributed by atoms with Gasteiger partial charge in [0.1, 0.15) is 5.82 Å². The number of rotatable bonds is 4. The van der Waals surface area contributed by atoms with Crippen LogP contribution in [0.5, 0.6) is 0 Å². The van der Waals surface area contributed by atoms with E-state index < -0.39 is 6.10 Å². The molecule has 1 aliphatic heterocycles. The number of hydrogen-bond donors (Lipinski definition) is 3. The third-order valence-electron chi connectivity index (χ3n) is 5.40. The van der Waals surface area contributed by atoms with Crippen LogP contribution in [0.2, 0.25) is 0 Å². The van der Waals surface area contributed by atoms with Gasteiger partial charge in [0.05, 0.1) is 18.2 Å². The van der Waals surface area contributed by atoms with Gasteiger partial charge in [0.25, 0.3) is 0 Å². The second-order valence-electron chi connectivity index (χ2n) is 7.47. The first-order valence-electron chi connectivity index (χ1n) is 9.14. The molecule has 0 bridgehead atoms. The summed E-state index contributed by atoms with van der Waals surface area (Å²) in [7, 11) is 0. The minimum atomic E-state index is -0.563. The van der Waals surface area contributed by atoms with E-state index in [1.807, 2.05) is 19.9 Å². The highest BCUT2D eigenvalue weighted by Crippen LogP contribution is 2.26. The third kappa shape index (κ3) is 3.47. The highest BCUT2D eigenvalue weighted by Gasteiger charge is 2.34. The highest BCUT2D eigenvalue weighted by atomic mass is 19.1. The number of aliphatic hydroxyl groups excluding tert-OH is 1. The molecule has 2 atom stereocenters. The zero-order valence-electron chi connectivity index (χ0n) is 15.4. The number of nitrogens with one attached hydrogen (secondary N) is 2. The van der Waals surface area contributed by atoms with Gasteiger partial charge in [0.15, 0.2) is 0 Å². The van der Waals surface area contributed by atoms with E-state index in [1.165, 1.54) is 12.1 Å². The number of benzene rings is 1. The summed E-state index contributed by atoms with van der Waals surface area (Å²) in [6.07, 6.45) is 0.260. The Morgan fingerprint density at radius 2 is 2.15 bits per heavy atom. The predicted molar refractivity (Wildman–Crippen MR) is 99.8 cm³/mol. The molecular weight excluding hydrogens is 347 g/mol. The van der Waals surface area contributed by atoms with E-state index in [4.69, 9.17) is 0 Å². The first kappa shape index (κ1) is 17.7. The molecule has 142 valence electrons. The molecule has 0 aliphatic carbocycles. The van der Waals surface area contributed by atoms with Gasteiger partial charge in [-0.2, -0.15) is 5.10 Å². The van der Waals surface area contributed by atoms with E-state index in [9.17, 15) is 14.3 Å². The fraction of sp³-hybridized carbons (Fsp3) is 0.400. The molecule has 0 saturated carbocycles. The summed E-state index contributed by atoms with van der Waals surface area (Å²) in [5, 5.41) is 18.2. The third-order valence-corrected chi connectivity index (χ3v) is 5.40. The van der Waals surface area contributed by atoms with Gasteiger partial charge in [-0.25, -0.2) is 4.39 Å². The van der Waals surface area contributed by atoms with Crippen LogP contribution in [-0.2, 0) is 17.6 Å². The van der Waals surface area contributed by atoms with Crippen molar-refractivity contribution >= 4 is 16.8 Å². The van der Waals surface area contributed by atoms with E-state index in [1.54, 1.807) is 11.0 Å². The minimum absolute atomic E-state index is 0.0295. The maximum atomic E-state index is 13.6. The molecule has 27 heavy (non-hydrogen) atoms. The molecule has 3 heterocycles. The van der Waals surface area contributed by atoms with Gasteiger partial charge in [-0.3, -0.25) is 9.89 Å². The van der Waals surface area contributed by atoms with Crippen molar-refractivity contribution in [3.63, 3.8) is 0 Å². The summed E-state index contributed by atoms with van der Waals surface area (Å²) in [4.78, 5) is 17.7. The van der Waals surface area contributed by atoms with E-state index in [0.29, 0.717) is 19.5 Å². The first-order valence-corrected chi connectivity index (χ1v) is 9.14. The van der Waals surface area contributed by atoms with Crippen molar-refractivity contribution in [3.8, 4) is 0 Å². The fourth-order valence-electron chi connectivity index (χ4n) is 3.95. The van der Waals surface area contributed by atoms with E-state index in [2.05, 4.69) is 15.2 Å². The van der Waals surface area contributed by atoms with Gasteiger partial charge < -0.3 is 15.0 Å². The number of H-pyrrole nitrogens is 2. The molecule has 0 unspecified atom stereocenters.